The second kappa shape index (κ2) is 8.80. The first-order chi connectivity index (χ1) is 13.0. The van der Waals surface area contributed by atoms with Crippen LogP contribution in [0.5, 0.6) is 17.2 Å². The van der Waals surface area contributed by atoms with Gasteiger partial charge in [0.05, 0.1) is 14.2 Å². The van der Waals surface area contributed by atoms with Crippen molar-refractivity contribution in [3.05, 3.63) is 17.7 Å². The summed E-state index contributed by atoms with van der Waals surface area (Å²) >= 11 is 0. The molecule has 0 spiro atoms. The molecular weight excluding hydrogens is 348 g/mol. The van der Waals surface area contributed by atoms with Crippen molar-refractivity contribution in [2.45, 2.75) is 31.8 Å². The van der Waals surface area contributed by atoms with Crippen LogP contribution in [0.2, 0.25) is 0 Å². The first-order valence-electron chi connectivity index (χ1n) is 9.44. The molecule has 1 aromatic rings. The van der Waals surface area contributed by atoms with Gasteiger partial charge in [0.1, 0.15) is 0 Å². The number of methoxy groups -OCH3 is 2. The third-order valence-corrected chi connectivity index (χ3v) is 5.51. The highest BCUT2D eigenvalue weighted by Gasteiger charge is 2.31. The van der Waals surface area contributed by atoms with Gasteiger partial charge in [-0.2, -0.15) is 0 Å². The summed E-state index contributed by atoms with van der Waals surface area (Å²) in [5.74, 6) is 2.44. The first kappa shape index (κ1) is 19.8. The van der Waals surface area contributed by atoms with Crippen molar-refractivity contribution in [2.24, 2.45) is 5.92 Å². The Bertz CT molecular complexity index is 664. The fourth-order valence-corrected chi connectivity index (χ4v) is 4.14. The quantitative estimate of drug-likeness (QED) is 0.674. The molecule has 0 unspecified atom stereocenters. The summed E-state index contributed by atoms with van der Waals surface area (Å²) in [6.45, 7) is 3.03. The molecule has 1 saturated heterocycles. The summed E-state index contributed by atoms with van der Waals surface area (Å²) in [6.07, 6.45) is 2.40. The topological polar surface area (TPSA) is 60.5 Å². The smallest absolute Gasteiger partial charge is 0.305 e. The molecule has 0 bridgehead atoms. The lowest BCUT2D eigenvalue weighted by Crippen LogP contribution is -2.48. The number of likely N-dealkylation sites (tertiary alicyclic amines) is 1. The minimum Gasteiger partial charge on any atom is -0.493 e. The van der Waals surface area contributed by atoms with Gasteiger partial charge in [0.25, 0.3) is 0 Å². The number of esters is 1. The number of rotatable bonds is 7. The summed E-state index contributed by atoms with van der Waals surface area (Å²) < 4.78 is 21.3. The zero-order valence-electron chi connectivity index (χ0n) is 16.7. The molecule has 27 heavy (non-hydrogen) atoms. The number of carbonyl (C=O) groups excluding carboxylic acids is 1. The van der Waals surface area contributed by atoms with Crippen LogP contribution in [0.3, 0.4) is 0 Å². The highest BCUT2D eigenvalue weighted by atomic mass is 16.7. The molecule has 2 atom stereocenters. The maximum atomic E-state index is 11.6. The maximum Gasteiger partial charge on any atom is 0.305 e. The summed E-state index contributed by atoms with van der Waals surface area (Å²) in [6, 6.07) is 4.54. The molecule has 7 nitrogen and oxygen atoms in total. The van der Waals surface area contributed by atoms with Gasteiger partial charge in [-0.15, -0.1) is 0 Å². The number of hydrogen-bond donors (Lipinski definition) is 0. The van der Waals surface area contributed by atoms with E-state index in [0.717, 1.165) is 43.8 Å². The predicted molar refractivity (Wildman–Crippen MR) is 101 cm³/mol. The Balaban J connectivity index is 1.67. The molecule has 7 heteroatoms. The van der Waals surface area contributed by atoms with Crippen LogP contribution in [-0.2, 0) is 16.1 Å². The Hall–Kier alpha value is -1.99. The molecule has 150 valence electrons. The monoisotopic (exact) mass is 378 g/mol. The summed E-state index contributed by atoms with van der Waals surface area (Å²) in [4.78, 5) is 16.3. The molecular formula is C20H30N2O5. The summed E-state index contributed by atoms with van der Waals surface area (Å²) in [5.41, 5.74) is 1.14. The SMILES string of the molecule is COC(=O)CC[C@H]1CN(Cc2cc(OC)c3c(c2)OCO3)CC[C@H]1N(C)C. The molecule has 1 aromatic carbocycles. The molecule has 0 saturated carbocycles. The number of fused-ring (bicyclic) bond motifs is 1. The molecule has 0 aromatic heterocycles. The third-order valence-electron chi connectivity index (χ3n) is 5.51. The largest absolute Gasteiger partial charge is 0.493 e. The molecule has 0 amide bonds. The van der Waals surface area contributed by atoms with E-state index in [1.807, 2.05) is 12.1 Å². The molecule has 1 fully saturated rings. The highest BCUT2D eigenvalue weighted by molar-refractivity contribution is 5.69. The second-order valence-electron chi connectivity index (χ2n) is 7.46. The van der Waals surface area contributed by atoms with Crippen molar-refractivity contribution in [3.63, 3.8) is 0 Å². The average Bonchev–Trinajstić information content (AvgIpc) is 3.13. The molecule has 3 rings (SSSR count). The van der Waals surface area contributed by atoms with E-state index in [4.69, 9.17) is 18.9 Å². The second-order valence-corrected chi connectivity index (χ2v) is 7.46. The Morgan fingerprint density at radius 2 is 2.11 bits per heavy atom. The van der Waals surface area contributed by atoms with E-state index in [-0.39, 0.29) is 12.8 Å². The van der Waals surface area contributed by atoms with Crippen molar-refractivity contribution >= 4 is 5.97 Å². The average molecular weight is 378 g/mol. The molecule has 2 aliphatic heterocycles. The van der Waals surface area contributed by atoms with Crippen molar-refractivity contribution in [1.82, 2.24) is 9.80 Å². The minimum atomic E-state index is -0.134. The number of benzene rings is 1. The number of hydrogen-bond acceptors (Lipinski definition) is 7. The van der Waals surface area contributed by atoms with Crippen LogP contribution < -0.4 is 14.2 Å². The Morgan fingerprint density at radius 3 is 2.81 bits per heavy atom. The van der Waals surface area contributed by atoms with Gasteiger partial charge in [0.2, 0.25) is 12.5 Å². The van der Waals surface area contributed by atoms with Gasteiger partial charge >= 0.3 is 5.97 Å². The number of ether oxygens (including phenoxy) is 4. The van der Waals surface area contributed by atoms with Crippen molar-refractivity contribution in [1.29, 1.82) is 0 Å². The van der Waals surface area contributed by atoms with E-state index in [2.05, 4.69) is 23.9 Å². The number of nitrogens with zero attached hydrogens (tertiary/aromatic N) is 2. The fourth-order valence-electron chi connectivity index (χ4n) is 4.14. The van der Waals surface area contributed by atoms with Crippen LogP contribution in [0.15, 0.2) is 12.1 Å². The maximum absolute atomic E-state index is 11.6. The number of carbonyl (C=O) groups is 1. The third kappa shape index (κ3) is 4.65. The van der Waals surface area contributed by atoms with Crippen LogP contribution in [0, 0.1) is 5.92 Å². The van der Waals surface area contributed by atoms with E-state index >= 15 is 0 Å². The van der Waals surface area contributed by atoms with E-state index < -0.39 is 0 Å². The van der Waals surface area contributed by atoms with Gasteiger partial charge in [-0.1, -0.05) is 0 Å². The first-order valence-corrected chi connectivity index (χ1v) is 9.44. The van der Waals surface area contributed by atoms with Crippen LogP contribution in [0.4, 0.5) is 0 Å². The Labute approximate surface area is 161 Å². The van der Waals surface area contributed by atoms with Crippen LogP contribution in [0.25, 0.3) is 0 Å². The van der Waals surface area contributed by atoms with E-state index in [1.165, 1.54) is 7.11 Å². The predicted octanol–water partition coefficient (Wildman–Crippen LogP) is 2.13. The summed E-state index contributed by atoms with van der Waals surface area (Å²) in [5, 5.41) is 0. The van der Waals surface area contributed by atoms with E-state index in [9.17, 15) is 4.79 Å². The molecule has 2 aliphatic rings. The zero-order chi connectivity index (χ0) is 19.4. The van der Waals surface area contributed by atoms with Gasteiger partial charge in [0.15, 0.2) is 11.5 Å². The zero-order valence-corrected chi connectivity index (χ0v) is 16.7. The summed E-state index contributed by atoms with van der Waals surface area (Å²) in [7, 11) is 7.33. The van der Waals surface area contributed by atoms with Crippen LogP contribution >= 0.6 is 0 Å². The fraction of sp³-hybridized carbons (Fsp3) is 0.650. The van der Waals surface area contributed by atoms with E-state index in [1.54, 1.807) is 7.11 Å². The van der Waals surface area contributed by atoms with Crippen LogP contribution in [-0.4, -0.2) is 70.0 Å². The number of piperidine rings is 1. The highest BCUT2D eigenvalue weighted by Crippen LogP contribution is 2.42. The Morgan fingerprint density at radius 1 is 1.30 bits per heavy atom. The van der Waals surface area contributed by atoms with Crippen molar-refractivity contribution < 1.29 is 23.7 Å². The van der Waals surface area contributed by atoms with Gasteiger partial charge in [-0.3, -0.25) is 9.69 Å². The molecule has 2 heterocycles. The van der Waals surface area contributed by atoms with Gasteiger partial charge in [-0.05, 0) is 57.1 Å². The van der Waals surface area contributed by atoms with Crippen molar-refractivity contribution in [2.75, 3.05) is 48.2 Å². The lowest BCUT2D eigenvalue weighted by Gasteiger charge is -2.41. The van der Waals surface area contributed by atoms with E-state index in [0.29, 0.717) is 29.9 Å². The van der Waals surface area contributed by atoms with Crippen LogP contribution in [0.1, 0.15) is 24.8 Å². The van der Waals surface area contributed by atoms with Gasteiger partial charge in [0, 0.05) is 25.6 Å². The normalized spacial score (nSPS) is 22.1. The Kier molecular flexibility index (Phi) is 6.44. The lowest BCUT2D eigenvalue weighted by molar-refractivity contribution is -0.141. The molecule has 0 aliphatic carbocycles. The molecule has 0 N–H and O–H groups in total. The van der Waals surface area contributed by atoms with Crippen molar-refractivity contribution in [3.8, 4) is 17.2 Å². The van der Waals surface area contributed by atoms with Gasteiger partial charge < -0.3 is 23.8 Å². The minimum absolute atomic E-state index is 0.134. The van der Waals surface area contributed by atoms with Gasteiger partial charge in [-0.25, -0.2) is 0 Å². The lowest BCUT2D eigenvalue weighted by atomic mass is 9.87. The molecule has 0 radical (unpaired) electrons. The standard InChI is InChI=1S/C20H30N2O5/c1-21(2)16-7-8-22(12-15(16)5-6-19(23)25-4)11-14-9-17(24-3)20-18(10-14)26-13-27-20/h9-10,15-16H,5-8,11-13H2,1-4H3/t15-,16+/m0/s1.